The highest BCUT2D eigenvalue weighted by Gasteiger charge is 2.40. The van der Waals surface area contributed by atoms with Crippen molar-refractivity contribution in [3.63, 3.8) is 0 Å². The zero-order chi connectivity index (χ0) is 23.5. The van der Waals surface area contributed by atoms with E-state index in [-0.39, 0.29) is 19.0 Å². The number of Topliss-reactive ketones (excluding diaryl/α,β-unsaturated/α-hetero) is 1. The van der Waals surface area contributed by atoms with Gasteiger partial charge in [-0.25, -0.2) is 4.98 Å². The smallest absolute Gasteiger partial charge is 0.389 e. The lowest BCUT2D eigenvalue weighted by Gasteiger charge is -2.25. The number of ketones is 1. The summed E-state index contributed by atoms with van der Waals surface area (Å²) in [5.41, 5.74) is 1.59. The number of carbonyl (C=O) groups is 3. The number of hydrogen-bond donors (Lipinski definition) is 2. The number of nitrogens with zero attached hydrogens (tertiary/aromatic N) is 2. The molecule has 2 atom stereocenters. The Hall–Kier alpha value is -3.27. The Morgan fingerprint density at radius 1 is 1.19 bits per heavy atom. The molecule has 10 heteroatoms. The van der Waals surface area contributed by atoms with Gasteiger partial charge >= 0.3 is 6.18 Å². The van der Waals surface area contributed by atoms with Gasteiger partial charge in [0.05, 0.1) is 25.6 Å². The minimum absolute atomic E-state index is 0.104. The van der Waals surface area contributed by atoms with E-state index in [1.54, 1.807) is 36.4 Å². The monoisotopic (exact) mass is 449 g/mol. The van der Waals surface area contributed by atoms with Crippen LogP contribution < -0.4 is 10.2 Å². The van der Waals surface area contributed by atoms with E-state index >= 15 is 0 Å². The molecular weight excluding hydrogens is 427 g/mol. The molecule has 0 saturated heterocycles. The van der Waals surface area contributed by atoms with Crippen LogP contribution in [-0.4, -0.2) is 53.1 Å². The number of aromatic nitrogens is 1. The minimum Gasteiger partial charge on any atom is -0.395 e. The van der Waals surface area contributed by atoms with Gasteiger partial charge in [0.15, 0.2) is 5.78 Å². The predicted molar refractivity (Wildman–Crippen MR) is 110 cm³/mol. The Bertz CT molecular complexity index is 1030. The molecule has 0 saturated carbocycles. The third-order valence-electron chi connectivity index (χ3n) is 5.17. The molecule has 0 bridgehead atoms. The van der Waals surface area contributed by atoms with Gasteiger partial charge in [-0.05, 0) is 30.2 Å². The first-order chi connectivity index (χ1) is 15.1. The predicted octanol–water partition coefficient (Wildman–Crippen LogP) is 2.59. The summed E-state index contributed by atoms with van der Waals surface area (Å²) in [5.74, 6) is -3.28. The van der Waals surface area contributed by atoms with Crippen LogP contribution in [0.4, 0.5) is 19.0 Å². The van der Waals surface area contributed by atoms with Crippen LogP contribution in [0.5, 0.6) is 0 Å². The normalized spacial score (nSPS) is 16.6. The highest BCUT2D eigenvalue weighted by Crippen LogP contribution is 2.40. The van der Waals surface area contributed by atoms with E-state index in [9.17, 15) is 32.7 Å². The molecule has 2 heterocycles. The van der Waals surface area contributed by atoms with Crippen LogP contribution in [-0.2, 0) is 14.4 Å². The van der Waals surface area contributed by atoms with Gasteiger partial charge in [0.1, 0.15) is 11.7 Å². The number of carbonyl (C=O) groups excluding carboxylic acids is 3. The number of anilines is 1. The standard InChI is InChI=1S/C22H22F3N3O4/c1-13(27-17(30)8-9-22(23,24)25)19(31)18-15-6-3-2-5-14(15)16-7-4-10-26-20(16)28(11-12-29)21(18)32/h2-7,10,13,18,29H,8-9,11-12H2,1H3,(H,27,30)/t13-,18-/m0/s1. The first-order valence-electron chi connectivity index (χ1n) is 10.0. The number of aliphatic hydroxyl groups is 1. The molecule has 0 fully saturated rings. The second-order valence-electron chi connectivity index (χ2n) is 7.42. The summed E-state index contributed by atoms with van der Waals surface area (Å²) in [6.07, 6.45) is -5.13. The average Bonchev–Trinajstić information content (AvgIpc) is 2.85. The largest absolute Gasteiger partial charge is 0.395 e. The second kappa shape index (κ2) is 9.47. The summed E-state index contributed by atoms with van der Waals surface area (Å²) in [4.78, 5) is 44.2. The van der Waals surface area contributed by atoms with Crippen molar-refractivity contribution < 1.29 is 32.7 Å². The molecule has 3 rings (SSSR count). The van der Waals surface area contributed by atoms with Gasteiger partial charge in [0.2, 0.25) is 11.8 Å². The number of β-amino-alcohol motifs (C(OH)–C–C–N with tert-alkyl or cyclic N) is 1. The lowest BCUT2D eigenvalue weighted by atomic mass is 9.86. The summed E-state index contributed by atoms with van der Waals surface area (Å²) in [6, 6.07) is 8.98. The first-order valence-corrected chi connectivity index (χ1v) is 10.0. The summed E-state index contributed by atoms with van der Waals surface area (Å²) in [6.45, 7) is 0.853. The number of hydrogen-bond acceptors (Lipinski definition) is 5. The van der Waals surface area contributed by atoms with Crippen molar-refractivity contribution in [2.24, 2.45) is 0 Å². The van der Waals surface area contributed by atoms with Crippen molar-refractivity contribution in [1.29, 1.82) is 0 Å². The van der Waals surface area contributed by atoms with Gasteiger partial charge in [-0.1, -0.05) is 24.3 Å². The molecule has 0 radical (unpaired) electrons. The van der Waals surface area contributed by atoms with E-state index in [0.717, 1.165) is 0 Å². The molecule has 170 valence electrons. The maximum atomic E-state index is 13.4. The topological polar surface area (TPSA) is 99.6 Å². The van der Waals surface area contributed by atoms with Crippen LogP contribution in [0.25, 0.3) is 11.1 Å². The minimum atomic E-state index is -4.50. The van der Waals surface area contributed by atoms with Crippen molar-refractivity contribution in [3.05, 3.63) is 48.2 Å². The summed E-state index contributed by atoms with van der Waals surface area (Å²) < 4.78 is 37.2. The number of amides is 2. The van der Waals surface area contributed by atoms with E-state index in [4.69, 9.17) is 0 Å². The zero-order valence-corrected chi connectivity index (χ0v) is 17.2. The SMILES string of the molecule is C[C@H](NC(=O)CCC(F)(F)F)C(=O)[C@H]1C(=O)N(CCO)c2ncccc2-c2ccccc21. The summed E-state index contributed by atoms with van der Waals surface area (Å²) in [7, 11) is 0. The Morgan fingerprint density at radius 2 is 1.88 bits per heavy atom. The maximum Gasteiger partial charge on any atom is 0.389 e. The number of aliphatic hydroxyl groups excluding tert-OH is 1. The number of alkyl halides is 3. The lowest BCUT2D eigenvalue weighted by Crippen LogP contribution is -2.46. The molecule has 0 aliphatic carbocycles. The maximum absolute atomic E-state index is 13.4. The number of fused-ring (bicyclic) bond motifs is 3. The lowest BCUT2D eigenvalue weighted by molar-refractivity contribution is -0.144. The average molecular weight is 449 g/mol. The van der Waals surface area contributed by atoms with Crippen LogP contribution in [0.2, 0.25) is 0 Å². The molecule has 1 aliphatic heterocycles. The number of halogens is 3. The van der Waals surface area contributed by atoms with E-state index in [0.29, 0.717) is 16.7 Å². The molecule has 1 aliphatic rings. The Kier molecular flexibility index (Phi) is 6.93. The molecular formula is C22H22F3N3O4. The Labute approximate surface area is 182 Å². The number of pyridine rings is 1. The van der Waals surface area contributed by atoms with Crippen LogP contribution in [0.3, 0.4) is 0 Å². The molecule has 2 N–H and O–H groups in total. The quantitative estimate of drug-likeness (QED) is 0.633. The number of rotatable bonds is 7. The van der Waals surface area contributed by atoms with E-state index in [1.807, 2.05) is 0 Å². The van der Waals surface area contributed by atoms with Crippen LogP contribution in [0, 0.1) is 0 Å². The van der Waals surface area contributed by atoms with Gasteiger partial charge in [0.25, 0.3) is 0 Å². The number of benzene rings is 1. The molecule has 7 nitrogen and oxygen atoms in total. The number of nitrogens with one attached hydrogen (secondary N) is 1. The Balaban J connectivity index is 1.95. The highest BCUT2D eigenvalue weighted by molar-refractivity contribution is 6.17. The molecule has 32 heavy (non-hydrogen) atoms. The van der Waals surface area contributed by atoms with Crippen LogP contribution >= 0.6 is 0 Å². The van der Waals surface area contributed by atoms with E-state index in [1.165, 1.54) is 18.0 Å². The van der Waals surface area contributed by atoms with Gasteiger partial charge in [-0.15, -0.1) is 0 Å². The van der Waals surface area contributed by atoms with E-state index in [2.05, 4.69) is 10.3 Å². The molecule has 2 aromatic rings. The molecule has 1 aromatic carbocycles. The molecule has 0 spiro atoms. The fourth-order valence-electron chi connectivity index (χ4n) is 3.69. The molecule has 0 unspecified atom stereocenters. The van der Waals surface area contributed by atoms with Crippen LogP contribution in [0.1, 0.15) is 31.2 Å². The van der Waals surface area contributed by atoms with Crippen LogP contribution in [0.15, 0.2) is 42.6 Å². The third kappa shape index (κ3) is 4.96. The van der Waals surface area contributed by atoms with Gasteiger partial charge in [-0.3, -0.25) is 19.3 Å². The van der Waals surface area contributed by atoms with Gasteiger partial charge < -0.3 is 10.4 Å². The van der Waals surface area contributed by atoms with E-state index < -0.39 is 48.6 Å². The fraction of sp³-hybridized carbons (Fsp3) is 0.364. The Morgan fingerprint density at radius 3 is 2.56 bits per heavy atom. The molecule has 1 aromatic heterocycles. The van der Waals surface area contributed by atoms with Crippen molar-refractivity contribution in [1.82, 2.24) is 10.3 Å². The third-order valence-corrected chi connectivity index (χ3v) is 5.17. The molecule has 2 amide bonds. The summed E-state index contributed by atoms with van der Waals surface area (Å²) >= 11 is 0. The van der Waals surface area contributed by atoms with Gasteiger partial charge in [-0.2, -0.15) is 13.2 Å². The van der Waals surface area contributed by atoms with Crippen molar-refractivity contribution in [3.8, 4) is 11.1 Å². The first kappa shape index (κ1) is 23.4. The fourth-order valence-corrected chi connectivity index (χ4v) is 3.69. The highest BCUT2D eigenvalue weighted by atomic mass is 19.4. The van der Waals surface area contributed by atoms with Crippen molar-refractivity contribution in [2.45, 2.75) is 37.9 Å². The van der Waals surface area contributed by atoms with Crippen molar-refractivity contribution in [2.75, 3.05) is 18.1 Å². The zero-order valence-electron chi connectivity index (χ0n) is 17.2. The second-order valence-corrected chi connectivity index (χ2v) is 7.42. The van der Waals surface area contributed by atoms with Crippen molar-refractivity contribution >= 4 is 23.4 Å². The summed E-state index contributed by atoms with van der Waals surface area (Å²) in [5, 5.41) is 11.8. The van der Waals surface area contributed by atoms with Gasteiger partial charge in [0, 0.05) is 18.2 Å².